The highest BCUT2D eigenvalue weighted by Crippen LogP contribution is 2.29. The van der Waals surface area contributed by atoms with Gasteiger partial charge in [0.15, 0.2) is 17.3 Å². The van der Waals surface area contributed by atoms with Gasteiger partial charge >= 0.3 is 5.97 Å². The molecule has 23 heavy (non-hydrogen) atoms. The molecule has 0 radical (unpaired) electrons. The lowest BCUT2D eigenvalue weighted by Gasteiger charge is -2.16. The maximum atomic E-state index is 12.0. The predicted molar refractivity (Wildman–Crippen MR) is 79.9 cm³/mol. The first-order valence-corrected chi connectivity index (χ1v) is 7.08. The van der Waals surface area contributed by atoms with Crippen LogP contribution in [0.3, 0.4) is 0 Å². The second kappa shape index (κ2) is 7.59. The molecule has 0 bridgehead atoms. The Morgan fingerprint density at radius 2 is 2.22 bits per heavy atom. The average Bonchev–Trinajstić information content (AvgIpc) is 3.03. The van der Waals surface area contributed by atoms with Crippen molar-refractivity contribution in [2.24, 2.45) is 0 Å². The molecule has 1 heterocycles. The Bertz CT molecular complexity index is 671. The zero-order valence-electron chi connectivity index (χ0n) is 13.2. The third-order valence-corrected chi connectivity index (χ3v) is 3.25. The van der Waals surface area contributed by atoms with Crippen molar-refractivity contribution in [2.45, 2.75) is 25.9 Å². The summed E-state index contributed by atoms with van der Waals surface area (Å²) in [7, 11) is 2.75. The first kappa shape index (κ1) is 16.8. The number of benzene rings is 1. The largest absolute Gasteiger partial charge is 0.504 e. The Hall–Kier alpha value is -2.61. The van der Waals surface area contributed by atoms with Gasteiger partial charge in [-0.3, -0.25) is 5.32 Å². The molecule has 0 aliphatic heterocycles. The molecular formula is C15H19N3O5. The van der Waals surface area contributed by atoms with Gasteiger partial charge in [-0.1, -0.05) is 18.1 Å². The highest BCUT2D eigenvalue weighted by molar-refractivity contribution is 5.77. The summed E-state index contributed by atoms with van der Waals surface area (Å²) in [6, 6.07) is 3.91. The molecule has 0 saturated carbocycles. The van der Waals surface area contributed by atoms with Crippen molar-refractivity contribution in [1.82, 2.24) is 15.5 Å². The molecule has 2 rings (SSSR count). The second-order valence-corrected chi connectivity index (χ2v) is 4.73. The second-order valence-electron chi connectivity index (χ2n) is 4.73. The molecule has 2 N–H and O–H groups in total. The third-order valence-electron chi connectivity index (χ3n) is 3.25. The van der Waals surface area contributed by atoms with E-state index in [1.165, 1.54) is 20.3 Å². The van der Waals surface area contributed by atoms with E-state index in [-0.39, 0.29) is 12.3 Å². The summed E-state index contributed by atoms with van der Waals surface area (Å²) in [6.45, 7) is 2.12. The number of aromatic hydroxyl groups is 1. The predicted octanol–water partition coefficient (Wildman–Crippen LogP) is 1.35. The molecule has 0 spiro atoms. The number of phenols is 1. The van der Waals surface area contributed by atoms with Gasteiger partial charge in [0.2, 0.25) is 5.89 Å². The summed E-state index contributed by atoms with van der Waals surface area (Å²) in [5.74, 6) is 0.734. The molecule has 1 aromatic heterocycles. The highest BCUT2D eigenvalue weighted by Gasteiger charge is 2.23. The third kappa shape index (κ3) is 3.98. The first-order valence-electron chi connectivity index (χ1n) is 7.08. The van der Waals surface area contributed by atoms with E-state index in [0.29, 0.717) is 29.4 Å². The van der Waals surface area contributed by atoms with Crippen LogP contribution in [0.5, 0.6) is 11.5 Å². The Morgan fingerprint density at radius 1 is 1.43 bits per heavy atom. The van der Waals surface area contributed by atoms with Crippen molar-refractivity contribution in [3.63, 3.8) is 0 Å². The Balaban J connectivity index is 2.16. The van der Waals surface area contributed by atoms with E-state index in [1.54, 1.807) is 12.1 Å². The lowest BCUT2D eigenvalue weighted by Crippen LogP contribution is -2.29. The monoisotopic (exact) mass is 321 g/mol. The first-order chi connectivity index (χ1) is 11.1. The minimum atomic E-state index is -0.777. The number of hydrogen-bond donors (Lipinski definition) is 2. The lowest BCUT2D eigenvalue weighted by atomic mass is 10.1. The number of rotatable bonds is 7. The molecule has 8 heteroatoms. The molecule has 0 unspecified atom stereocenters. The summed E-state index contributed by atoms with van der Waals surface area (Å²) in [5.41, 5.74) is 0.536. The fourth-order valence-electron chi connectivity index (χ4n) is 2.04. The van der Waals surface area contributed by atoms with E-state index in [0.717, 1.165) is 0 Å². The van der Waals surface area contributed by atoms with Gasteiger partial charge in [0, 0.05) is 6.42 Å². The van der Waals surface area contributed by atoms with E-state index in [9.17, 15) is 9.90 Å². The SMILES string of the molecule is CCc1nc(CN[C@@H](C(=O)OC)c2ccc(OC)c(O)c2)no1. The number of carbonyl (C=O) groups excluding carboxylic acids is 1. The molecule has 124 valence electrons. The zero-order chi connectivity index (χ0) is 16.8. The topological polar surface area (TPSA) is 107 Å². The van der Waals surface area contributed by atoms with Gasteiger partial charge in [0.05, 0.1) is 20.8 Å². The average molecular weight is 321 g/mol. The molecule has 0 amide bonds. The van der Waals surface area contributed by atoms with Crippen molar-refractivity contribution >= 4 is 5.97 Å². The maximum Gasteiger partial charge on any atom is 0.327 e. The van der Waals surface area contributed by atoms with Crippen LogP contribution in [0.4, 0.5) is 0 Å². The fourth-order valence-corrected chi connectivity index (χ4v) is 2.04. The van der Waals surface area contributed by atoms with Crippen LogP contribution < -0.4 is 10.1 Å². The standard InChI is InChI=1S/C15H19N3O5/c1-4-13-17-12(18-23-13)8-16-14(15(20)22-3)9-5-6-11(21-2)10(19)7-9/h5-7,14,16,19H,4,8H2,1-3H3/t14-/m1/s1. The van der Waals surface area contributed by atoms with Crippen LogP contribution in [-0.2, 0) is 22.5 Å². The summed E-state index contributed by atoms with van der Waals surface area (Å²) in [5, 5.41) is 16.7. The van der Waals surface area contributed by atoms with E-state index in [1.807, 2.05) is 6.92 Å². The molecule has 2 aromatic rings. The van der Waals surface area contributed by atoms with Crippen LogP contribution in [0.1, 0.15) is 30.2 Å². The summed E-state index contributed by atoms with van der Waals surface area (Å²) in [4.78, 5) is 16.2. The van der Waals surface area contributed by atoms with E-state index < -0.39 is 12.0 Å². The smallest absolute Gasteiger partial charge is 0.327 e. The van der Waals surface area contributed by atoms with Crippen LogP contribution in [0.15, 0.2) is 22.7 Å². The minimum absolute atomic E-state index is 0.0615. The van der Waals surface area contributed by atoms with Gasteiger partial charge in [-0.2, -0.15) is 4.98 Å². The van der Waals surface area contributed by atoms with Gasteiger partial charge in [0.25, 0.3) is 0 Å². The van der Waals surface area contributed by atoms with Crippen LogP contribution in [-0.4, -0.2) is 35.4 Å². The molecule has 0 aliphatic carbocycles. The van der Waals surface area contributed by atoms with Crippen LogP contribution in [0, 0.1) is 0 Å². The summed E-state index contributed by atoms with van der Waals surface area (Å²) < 4.78 is 14.8. The number of methoxy groups -OCH3 is 2. The number of nitrogens with one attached hydrogen (secondary N) is 1. The fraction of sp³-hybridized carbons (Fsp3) is 0.400. The maximum absolute atomic E-state index is 12.0. The minimum Gasteiger partial charge on any atom is -0.504 e. The number of carbonyl (C=O) groups is 1. The number of hydrogen-bond acceptors (Lipinski definition) is 8. The van der Waals surface area contributed by atoms with Crippen LogP contribution >= 0.6 is 0 Å². The summed E-state index contributed by atoms with van der Waals surface area (Å²) in [6.07, 6.45) is 0.639. The number of aromatic nitrogens is 2. The molecule has 0 saturated heterocycles. The van der Waals surface area contributed by atoms with Crippen molar-refractivity contribution < 1.29 is 23.9 Å². The number of aryl methyl sites for hydroxylation is 1. The highest BCUT2D eigenvalue weighted by atomic mass is 16.5. The Morgan fingerprint density at radius 3 is 2.78 bits per heavy atom. The normalized spacial score (nSPS) is 12.0. The van der Waals surface area contributed by atoms with Crippen LogP contribution in [0.25, 0.3) is 0 Å². The van der Waals surface area contributed by atoms with Gasteiger partial charge in [-0.05, 0) is 17.7 Å². The van der Waals surface area contributed by atoms with Crippen molar-refractivity contribution in [3.05, 3.63) is 35.5 Å². The molecule has 8 nitrogen and oxygen atoms in total. The van der Waals surface area contributed by atoms with Crippen molar-refractivity contribution in [3.8, 4) is 11.5 Å². The number of ether oxygens (including phenoxy) is 2. The van der Waals surface area contributed by atoms with E-state index in [2.05, 4.69) is 15.5 Å². The van der Waals surface area contributed by atoms with E-state index >= 15 is 0 Å². The molecule has 0 fully saturated rings. The summed E-state index contributed by atoms with van der Waals surface area (Å²) >= 11 is 0. The lowest BCUT2D eigenvalue weighted by molar-refractivity contribution is -0.143. The van der Waals surface area contributed by atoms with E-state index in [4.69, 9.17) is 14.0 Å². The Labute approximate surface area is 133 Å². The van der Waals surface area contributed by atoms with Gasteiger partial charge in [-0.25, -0.2) is 4.79 Å². The Kier molecular flexibility index (Phi) is 5.53. The van der Waals surface area contributed by atoms with Crippen molar-refractivity contribution in [2.75, 3.05) is 14.2 Å². The van der Waals surface area contributed by atoms with Gasteiger partial charge in [0.1, 0.15) is 6.04 Å². The number of nitrogens with zero attached hydrogens (tertiary/aromatic N) is 2. The zero-order valence-corrected chi connectivity index (χ0v) is 13.2. The molecular weight excluding hydrogens is 302 g/mol. The number of phenolic OH excluding ortho intramolecular Hbond substituents is 1. The molecule has 0 aliphatic rings. The van der Waals surface area contributed by atoms with Gasteiger partial charge in [-0.15, -0.1) is 0 Å². The van der Waals surface area contributed by atoms with Crippen molar-refractivity contribution in [1.29, 1.82) is 0 Å². The van der Waals surface area contributed by atoms with Crippen LogP contribution in [0.2, 0.25) is 0 Å². The van der Waals surface area contributed by atoms with Gasteiger partial charge < -0.3 is 19.1 Å². The molecule has 1 atom stereocenters. The number of esters is 1. The molecule has 1 aromatic carbocycles. The quantitative estimate of drug-likeness (QED) is 0.736.